The Kier molecular flexibility index (Phi) is 6.62. The van der Waals surface area contributed by atoms with Crippen LogP contribution >= 0.6 is 11.3 Å². The van der Waals surface area contributed by atoms with E-state index in [0.717, 1.165) is 43.4 Å². The molecule has 7 nitrogen and oxygen atoms in total. The summed E-state index contributed by atoms with van der Waals surface area (Å²) in [5.41, 5.74) is 1.76. The summed E-state index contributed by atoms with van der Waals surface area (Å²) in [6.07, 6.45) is 6.94. The summed E-state index contributed by atoms with van der Waals surface area (Å²) in [5, 5.41) is 5.90. The minimum absolute atomic E-state index is 0.108. The molecule has 1 atom stereocenters. The van der Waals surface area contributed by atoms with Crippen molar-refractivity contribution in [1.82, 2.24) is 9.97 Å². The molecule has 1 saturated carbocycles. The summed E-state index contributed by atoms with van der Waals surface area (Å²) in [7, 11) is -0.191. The van der Waals surface area contributed by atoms with Crippen molar-refractivity contribution in [2.24, 2.45) is 10.6 Å². The number of nitrogens with zero attached hydrogens (tertiary/aromatic N) is 3. The van der Waals surface area contributed by atoms with Gasteiger partial charge in [0.05, 0.1) is 5.69 Å². The Balaban J connectivity index is 1.68. The van der Waals surface area contributed by atoms with Crippen LogP contribution in [0.4, 0.5) is 5.13 Å². The number of hydrogen-bond donors (Lipinski definition) is 1. The summed E-state index contributed by atoms with van der Waals surface area (Å²) in [4.78, 5) is 10.9. The monoisotopic (exact) mass is 438 g/mol. The third kappa shape index (κ3) is 5.14. The molecule has 0 spiro atoms. The van der Waals surface area contributed by atoms with Crippen molar-refractivity contribution >= 4 is 26.5 Å². The first-order valence-electron chi connectivity index (χ1n) is 9.80. The van der Waals surface area contributed by atoms with Gasteiger partial charge in [-0.25, -0.2) is 18.5 Å². The number of anilines is 1. The number of methoxy groups -OCH3 is 1. The molecule has 0 radical (unpaired) electrons. The second kappa shape index (κ2) is 8.67. The molecule has 0 aromatic carbocycles. The molecule has 1 fully saturated rings. The van der Waals surface area contributed by atoms with E-state index in [4.69, 9.17) is 9.88 Å². The smallest absolute Gasteiger partial charge is 0.249 e. The molecule has 3 rings (SSSR count). The average Bonchev–Trinajstić information content (AvgIpc) is 3.09. The number of ether oxygens (including phenoxy) is 1. The first kappa shape index (κ1) is 22.1. The van der Waals surface area contributed by atoms with Gasteiger partial charge in [0.2, 0.25) is 10.0 Å². The summed E-state index contributed by atoms with van der Waals surface area (Å²) >= 11 is 1.09. The highest BCUT2D eigenvalue weighted by molar-refractivity contribution is 7.91. The first-order valence-corrected chi connectivity index (χ1v) is 12.2. The Hall–Kier alpha value is -1.55. The zero-order chi connectivity index (χ0) is 21.2. The van der Waals surface area contributed by atoms with Gasteiger partial charge in [-0.3, -0.25) is 4.98 Å². The van der Waals surface area contributed by atoms with Crippen LogP contribution in [0.15, 0.2) is 28.6 Å². The molecule has 0 bridgehead atoms. The molecule has 1 aliphatic carbocycles. The van der Waals surface area contributed by atoms with Gasteiger partial charge in [0, 0.05) is 32.0 Å². The summed E-state index contributed by atoms with van der Waals surface area (Å²) in [5.74, 6) is 0.516. The third-order valence-corrected chi connectivity index (χ3v) is 8.77. The Morgan fingerprint density at radius 2 is 2.07 bits per heavy atom. The molecular formula is C20H30N4O3S2. The summed E-state index contributed by atoms with van der Waals surface area (Å²) in [6.45, 7) is 3.97. The molecule has 2 aromatic rings. The van der Waals surface area contributed by atoms with Crippen LogP contribution < -0.4 is 10.0 Å². The van der Waals surface area contributed by atoms with E-state index in [9.17, 15) is 8.42 Å². The van der Waals surface area contributed by atoms with Crippen molar-refractivity contribution < 1.29 is 13.2 Å². The SMILES string of the molecule is COC(CC1(C)CCC(c2ccccn2)CC1)N(C)c1nc(C)c(S(N)(=O)=O)s1. The normalized spacial score (nSPS) is 23.7. The maximum atomic E-state index is 11.7. The standard InChI is InChI=1S/C20H30N4O3S2/c1-14-18(29(21,25)26)28-19(23-14)24(3)17(27-4)13-20(2)10-8-15(9-11-20)16-7-5-6-12-22-16/h5-7,12,15,17H,8-11,13H2,1-4H3,(H2,21,25,26). The van der Waals surface area contributed by atoms with Crippen molar-refractivity contribution in [2.45, 2.75) is 62.3 Å². The van der Waals surface area contributed by atoms with Gasteiger partial charge in [-0.05, 0) is 56.6 Å². The highest BCUT2D eigenvalue weighted by atomic mass is 32.2. The minimum atomic E-state index is -3.77. The molecule has 29 heavy (non-hydrogen) atoms. The van der Waals surface area contributed by atoms with Crippen LogP contribution in [-0.2, 0) is 14.8 Å². The Morgan fingerprint density at radius 1 is 1.38 bits per heavy atom. The van der Waals surface area contributed by atoms with E-state index in [-0.39, 0.29) is 15.9 Å². The second-order valence-corrected chi connectivity index (χ2v) is 11.0. The highest BCUT2D eigenvalue weighted by Crippen LogP contribution is 2.46. The maximum absolute atomic E-state index is 11.7. The number of aromatic nitrogens is 2. The number of nitrogens with two attached hydrogens (primary N) is 1. The Morgan fingerprint density at radius 3 is 2.59 bits per heavy atom. The lowest BCUT2D eigenvalue weighted by atomic mass is 9.69. The number of rotatable bonds is 7. The topological polar surface area (TPSA) is 98.4 Å². The van der Waals surface area contributed by atoms with Gasteiger partial charge in [0.15, 0.2) is 9.34 Å². The molecule has 0 aliphatic heterocycles. The maximum Gasteiger partial charge on any atom is 0.249 e. The molecule has 0 saturated heterocycles. The van der Waals surface area contributed by atoms with Gasteiger partial charge in [0.1, 0.15) is 6.23 Å². The quantitative estimate of drug-likeness (QED) is 0.663. The molecule has 2 aromatic heterocycles. The lowest BCUT2D eigenvalue weighted by Gasteiger charge is -2.41. The van der Waals surface area contributed by atoms with Gasteiger partial charge in [-0.15, -0.1) is 0 Å². The molecule has 1 aliphatic rings. The number of thiazole rings is 1. The van der Waals surface area contributed by atoms with Crippen LogP contribution in [0.2, 0.25) is 0 Å². The van der Waals surface area contributed by atoms with E-state index in [2.05, 4.69) is 29.0 Å². The van der Waals surface area contributed by atoms with E-state index >= 15 is 0 Å². The van der Waals surface area contributed by atoms with Crippen LogP contribution in [0.3, 0.4) is 0 Å². The predicted molar refractivity (Wildman–Crippen MR) is 116 cm³/mol. The fraction of sp³-hybridized carbons (Fsp3) is 0.600. The van der Waals surface area contributed by atoms with Crippen molar-refractivity contribution in [3.8, 4) is 0 Å². The molecule has 160 valence electrons. The molecule has 2 heterocycles. The number of aryl methyl sites for hydroxylation is 1. The van der Waals surface area contributed by atoms with E-state index in [1.165, 1.54) is 5.69 Å². The van der Waals surface area contributed by atoms with Gasteiger partial charge >= 0.3 is 0 Å². The Bertz CT molecular complexity index is 922. The molecular weight excluding hydrogens is 408 g/mol. The van der Waals surface area contributed by atoms with Crippen molar-refractivity contribution in [1.29, 1.82) is 0 Å². The van der Waals surface area contributed by atoms with Crippen LogP contribution in [0, 0.1) is 12.3 Å². The van der Waals surface area contributed by atoms with Crippen LogP contribution in [0.1, 0.15) is 56.3 Å². The fourth-order valence-corrected chi connectivity index (χ4v) is 6.09. The van der Waals surface area contributed by atoms with Crippen molar-refractivity contribution in [3.05, 3.63) is 35.8 Å². The number of sulfonamides is 1. The van der Waals surface area contributed by atoms with Gasteiger partial charge < -0.3 is 9.64 Å². The van der Waals surface area contributed by atoms with Crippen molar-refractivity contribution in [3.63, 3.8) is 0 Å². The van der Waals surface area contributed by atoms with Gasteiger partial charge in [-0.2, -0.15) is 0 Å². The summed E-state index contributed by atoms with van der Waals surface area (Å²) < 4.78 is 29.4. The molecule has 0 amide bonds. The largest absolute Gasteiger partial charge is 0.362 e. The molecule has 2 N–H and O–H groups in total. The van der Waals surface area contributed by atoms with E-state index in [0.29, 0.717) is 16.7 Å². The number of hydrogen-bond acceptors (Lipinski definition) is 7. The summed E-state index contributed by atoms with van der Waals surface area (Å²) in [6, 6.07) is 6.13. The lowest BCUT2D eigenvalue weighted by molar-refractivity contribution is 0.0403. The van der Waals surface area contributed by atoms with E-state index < -0.39 is 10.0 Å². The van der Waals surface area contributed by atoms with Crippen LogP contribution in [0.25, 0.3) is 0 Å². The fourth-order valence-electron chi connectivity index (χ4n) is 4.14. The average molecular weight is 439 g/mol. The van der Waals surface area contributed by atoms with Gasteiger partial charge in [0.25, 0.3) is 0 Å². The lowest BCUT2D eigenvalue weighted by Crippen LogP contribution is -2.39. The van der Waals surface area contributed by atoms with Crippen molar-refractivity contribution in [2.75, 3.05) is 19.1 Å². The molecule has 9 heteroatoms. The minimum Gasteiger partial charge on any atom is -0.362 e. The predicted octanol–water partition coefficient (Wildman–Crippen LogP) is 3.66. The highest BCUT2D eigenvalue weighted by Gasteiger charge is 2.36. The first-order chi connectivity index (χ1) is 13.6. The zero-order valence-electron chi connectivity index (χ0n) is 17.5. The third-order valence-electron chi connectivity index (χ3n) is 5.97. The second-order valence-electron chi connectivity index (χ2n) is 8.26. The van der Waals surface area contributed by atoms with Crippen LogP contribution in [-0.4, -0.2) is 38.8 Å². The number of pyridine rings is 1. The van der Waals surface area contributed by atoms with Gasteiger partial charge in [-0.1, -0.05) is 24.3 Å². The van der Waals surface area contributed by atoms with Crippen LogP contribution in [0.5, 0.6) is 0 Å². The Labute approximate surface area is 177 Å². The zero-order valence-corrected chi connectivity index (χ0v) is 19.1. The van der Waals surface area contributed by atoms with E-state index in [1.54, 1.807) is 14.0 Å². The number of primary sulfonamides is 1. The molecule has 1 unspecified atom stereocenters. The van der Waals surface area contributed by atoms with E-state index in [1.807, 2.05) is 24.2 Å².